The Morgan fingerprint density at radius 3 is 2.35 bits per heavy atom. The van der Waals surface area contributed by atoms with Crippen LogP contribution in [0.25, 0.3) is 0 Å². The molecule has 140 valence electrons. The predicted molar refractivity (Wildman–Crippen MR) is 93.7 cm³/mol. The van der Waals surface area contributed by atoms with Crippen LogP contribution in [0, 0.1) is 5.41 Å². The molecular weight excluding hydrogens is 336 g/mol. The van der Waals surface area contributed by atoms with Gasteiger partial charge in [-0.2, -0.15) is 0 Å². The lowest BCUT2D eigenvalue weighted by atomic mass is 9.98. The van der Waals surface area contributed by atoms with Gasteiger partial charge in [0.05, 0.1) is 26.0 Å². The summed E-state index contributed by atoms with van der Waals surface area (Å²) in [6.07, 6.45) is 2.48. The molecule has 2 amide bonds. The van der Waals surface area contributed by atoms with Crippen molar-refractivity contribution in [3.8, 4) is 5.75 Å². The van der Waals surface area contributed by atoms with Crippen molar-refractivity contribution in [1.29, 1.82) is 0 Å². The molecule has 0 bridgehead atoms. The maximum Gasteiger partial charge on any atom is 0.240 e. The number of carbonyl (C=O) groups is 2. The van der Waals surface area contributed by atoms with E-state index in [0.29, 0.717) is 63.4 Å². The van der Waals surface area contributed by atoms with Crippen LogP contribution in [0.5, 0.6) is 5.75 Å². The van der Waals surface area contributed by atoms with Gasteiger partial charge in [-0.05, 0) is 25.0 Å². The summed E-state index contributed by atoms with van der Waals surface area (Å²) in [6.45, 7) is 2.34. The number of likely N-dealkylation sites (tertiary alicyclic amines) is 1. The summed E-state index contributed by atoms with van der Waals surface area (Å²) < 4.78 is 16.7. The van der Waals surface area contributed by atoms with E-state index in [2.05, 4.69) is 5.32 Å². The van der Waals surface area contributed by atoms with Crippen LogP contribution in [0.3, 0.4) is 0 Å². The topological polar surface area (TPSA) is 77.1 Å². The third kappa shape index (κ3) is 2.95. The highest BCUT2D eigenvalue weighted by atomic mass is 16.7. The van der Waals surface area contributed by atoms with Gasteiger partial charge in [0.1, 0.15) is 11.2 Å². The number of para-hydroxylation sites is 2. The van der Waals surface area contributed by atoms with Crippen molar-refractivity contribution in [2.75, 3.05) is 38.7 Å². The second-order valence-electron chi connectivity index (χ2n) is 7.14. The van der Waals surface area contributed by atoms with Crippen LogP contribution in [0.2, 0.25) is 0 Å². The molecule has 0 aromatic heterocycles. The Balaban J connectivity index is 1.42. The number of carbonyl (C=O) groups excluding carboxylic acids is 2. The zero-order valence-corrected chi connectivity index (χ0v) is 15.0. The number of anilines is 1. The largest absolute Gasteiger partial charge is 0.495 e. The van der Waals surface area contributed by atoms with E-state index < -0.39 is 11.2 Å². The van der Waals surface area contributed by atoms with Gasteiger partial charge in [0.25, 0.3) is 0 Å². The monoisotopic (exact) mass is 360 g/mol. The molecule has 3 aliphatic rings. The maximum absolute atomic E-state index is 13.0. The summed E-state index contributed by atoms with van der Waals surface area (Å²) in [7, 11) is 1.56. The molecule has 2 heterocycles. The fourth-order valence-electron chi connectivity index (χ4n) is 3.79. The van der Waals surface area contributed by atoms with E-state index in [-0.39, 0.29) is 11.8 Å². The van der Waals surface area contributed by atoms with Crippen LogP contribution in [0.15, 0.2) is 24.3 Å². The third-order valence-electron chi connectivity index (χ3n) is 5.58. The van der Waals surface area contributed by atoms with Crippen molar-refractivity contribution in [3.05, 3.63) is 24.3 Å². The first-order valence-electron chi connectivity index (χ1n) is 9.10. The summed E-state index contributed by atoms with van der Waals surface area (Å²) in [6, 6.07) is 7.22. The van der Waals surface area contributed by atoms with Gasteiger partial charge in [-0.3, -0.25) is 9.59 Å². The molecule has 1 N–H and O–H groups in total. The van der Waals surface area contributed by atoms with Gasteiger partial charge < -0.3 is 24.4 Å². The quantitative estimate of drug-likeness (QED) is 0.829. The number of methoxy groups -OCH3 is 1. The molecule has 2 saturated heterocycles. The SMILES string of the molecule is COc1ccccc1NC(=O)C1(C(=O)N2CCC3(CC2)OCCO3)CC1. The van der Waals surface area contributed by atoms with Gasteiger partial charge in [-0.1, -0.05) is 12.1 Å². The Hall–Kier alpha value is -2.12. The Kier molecular flexibility index (Phi) is 4.36. The average Bonchev–Trinajstić information content (AvgIpc) is 3.37. The van der Waals surface area contributed by atoms with Gasteiger partial charge >= 0.3 is 0 Å². The molecule has 0 atom stereocenters. The Morgan fingerprint density at radius 1 is 1.08 bits per heavy atom. The van der Waals surface area contributed by atoms with Crippen molar-refractivity contribution >= 4 is 17.5 Å². The van der Waals surface area contributed by atoms with Crippen LogP contribution in [-0.2, 0) is 19.1 Å². The molecule has 1 saturated carbocycles. The molecule has 1 aromatic rings. The molecule has 3 fully saturated rings. The lowest BCUT2D eigenvalue weighted by molar-refractivity contribution is -0.188. The molecule has 2 aliphatic heterocycles. The number of nitrogens with one attached hydrogen (secondary N) is 1. The van der Waals surface area contributed by atoms with E-state index in [1.54, 1.807) is 24.1 Å². The fourth-order valence-corrected chi connectivity index (χ4v) is 3.79. The standard InChI is InChI=1S/C19H24N2O5/c1-24-15-5-3-2-4-14(15)20-16(22)18(6-7-18)17(23)21-10-8-19(9-11-21)25-12-13-26-19/h2-5H,6-13H2,1H3,(H,20,22). The van der Waals surface area contributed by atoms with Crippen LogP contribution in [-0.4, -0.2) is 55.9 Å². The number of amides is 2. The summed E-state index contributed by atoms with van der Waals surface area (Å²) in [5.74, 6) is -0.273. The minimum Gasteiger partial charge on any atom is -0.495 e. The van der Waals surface area contributed by atoms with Crippen LogP contribution >= 0.6 is 0 Å². The van der Waals surface area contributed by atoms with E-state index in [4.69, 9.17) is 14.2 Å². The summed E-state index contributed by atoms with van der Waals surface area (Å²) >= 11 is 0. The molecule has 0 unspecified atom stereocenters. The van der Waals surface area contributed by atoms with Crippen LogP contribution in [0.4, 0.5) is 5.69 Å². The number of ether oxygens (including phenoxy) is 3. The number of nitrogens with zero attached hydrogens (tertiary/aromatic N) is 1. The molecule has 1 aliphatic carbocycles. The second kappa shape index (κ2) is 6.55. The molecule has 0 radical (unpaired) electrons. The maximum atomic E-state index is 13.0. The predicted octanol–water partition coefficient (Wildman–Crippen LogP) is 1.78. The molecular formula is C19H24N2O5. The van der Waals surface area contributed by atoms with E-state index in [1.807, 2.05) is 12.1 Å². The second-order valence-corrected chi connectivity index (χ2v) is 7.14. The fraction of sp³-hybridized carbons (Fsp3) is 0.579. The Morgan fingerprint density at radius 2 is 1.73 bits per heavy atom. The van der Waals surface area contributed by atoms with E-state index in [0.717, 1.165) is 0 Å². The van der Waals surface area contributed by atoms with Crippen molar-refractivity contribution < 1.29 is 23.8 Å². The number of piperidine rings is 1. The van der Waals surface area contributed by atoms with Crippen LogP contribution < -0.4 is 10.1 Å². The minimum absolute atomic E-state index is 0.0854. The first kappa shape index (κ1) is 17.3. The van der Waals surface area contributed by atoms with Crippen molar-refractivity contribution in [2.24, 2.45) is 5.41 Å². The summed E-state index contributed by atoms with van der Waals surface area (Å²) in [4.78, 5) is 27.6. The lowest BCUT2D eigenvalue weighted by Crippen LogP contribution is -2.51. The van der Waals surface area contributed by atoms with Gasteiger partial charge in [0, 0.05) is 25.9 Å². The molecule has 4 rings (SSSR count). The Labute approximate surface area is 152 Å². The van der Waals surface area contributed by atoms with E-state index in [9.17, 15) is 9.59 Å². The summed E-state index contributed by atoms with van der Waals surface area (Å²) in [5, 5.41) is 2.87. The number of hydrogen-bond acceptors (Lipinski definition) is 5. The molecule has 7 nitrogen and oxygen atoms in total. The van der Waals surface area contributed by atoms with Gasteiger partial charge in [-0.15, -0.1) is 0 Å². The van der Waals surface area contributed by atoms with Crippen molar-refractivity contribution in [2.45, 2.75) is 31.5 Å². The lowest BCUT2D eigenvalue weighted by Gasteiger charge is -2.38. The van der Waals surface area contributed by atoms with Gasteiger partial charge in [-0.25, -0.2) is 0 Å². The molecule has 26 heavy (non-hydrogen) atoms. The van der Waals surface area contributed by atoms with Crippen LogP contribution in [0.1, 0.15) is 25.7 Å². The van der Waals surface area contributed by atoms with Crippen molar-refractivity contribution in [1.82, 2.24) is 4.90 Å². The number of hydrogen-bond donors (Lipinski definition) is 1. The van der Waals surface area contributed by atoms with Crippen molar-refractivity contribution in [3.63, 3.8) is 0 Å². The minimum atomic E-state index is -0.942. The number of benzene rings is 1. The normalized spacial score (nSPS) is 22.9. The molecule has 7 heteroatoms. The highest BCUT2D eigenvalue weighted by Crippen LogP contribution is 2.49. The zero-order chi connectivity index (χ0) is 18.2. The average molecular weight is 360 g/mol. The highest BCUT2D eigenvalue weighted by molar-refractivity contribution is 6.13. The zero-order valence-electron chi connectivity index (χ0n) is 15.0. The first-order valence-corrected chi connectivity index (χ1v) is 9.10. The third-order valence-corrected chi connectivity index (χ3v) is 5.58. The van der Waals surface area contributed by atoms with E-state index in [1.165, 1.54) is 0 Å². The van der Waals surface area contributed by atoms with E-state index >= 15 is 0 Å². The molecule has 1 aromatic carbocycles. The Bertz CT molecular complexity index is 700. The van der Waals surface area contributed by atoms with Gasteiger partial charge in [0.15, 0.2) is 5.79 Å². The first-order chi connectivity index (χ1) is 12.6. The summed E-state index contributed by atoms with van der Waals surface area (Å²) in [5.41, 5.74) is -0.354. The smallest absolute Gasteiger partial charge is 0.240 e. The van der Waals surface area contributed by atoms with Gasteiger partial charge in [0.2, 0.25) is 11.8 Å². The molecule has 1 spiro atoms. The number of rotatable bonds is 4. The highest BCUT2D eigenvalue weighted by Gasteiger charge is 2.59.